The van der Waals surface area contributed by atoms with Crippen LogP contribution in [0.5, 0.6) is 0 Å². The van der Waals surface area contributed by atoms with Crippen LogP contribution in [0, 0.1) is 0 Å². The van der Waals surface area contributed by atoms with E-state index in [0.717, 1.165) is 18.7 Å². The number of Topliss-reactive ketones (excluding diaryl/α,β-unsaturated/α-hetero) is 1. The van der Waals surface area contributed by atoms with Crippen molar-refractivity contribution in [2.24, 2.45) is 0 Å². The van der Waals surface area contributed by atoms with Gasteiger partial charge in [-0.05, 0) is 26.1 Å². The van der Waals surface area contributed by atoms with Crippen molar-refractivity contribution >= 4 is 11.8 Å². The van der Waals surface area contributed by atoms with Gasteiger partial charge in [-0.25, -0.2) is 0 Å². The smallest absolute Gasteiger partial charge is 0.313 e. The average Bonchev–Trinajstić information content (AvgIpc) is 2.37. The minimum atomic E-state index is -0.453. The maximum Gasteiger partial charge on any atom is 0.313 e. The van der Waals surface area contributed by atoms with Gasteiger partial charge in [0.1, 0.15) is 6.42 Å². The van der Waals surface area contributed by atoms with Gasteiger partial charge in [0.05, 0.1) is 13.2 Å². The molecule has 0 saturated carbocycles. The molecule has 1 aromatic rings. The van der Waals surface area contributed by atoms with Gasteiger partial charge in [0.15, 0.2) is 5.78 Å². The fraction of sp³-hybridized carbons (Fsp3) is 0.500. The fourth-order valence-corrected chi connectivity index (χ4v) is 1.66. The predicted octanol–water partition coefficient (Wildman–Crippen LogP) is 1.08. The number of carbonyl (C=O) groups is 2. The van der Waals surface area contributed by atoms with E-state index in [-0.39, 0.29) is 18.7 Å². The van der Waals surface area contributed by atoms with Crippen molar-refractivity contribution in [2.45, 2.75) is 19.8 Å². The summed E-state index contributed by atoms with van der Waals surface area (Å²) in [5, 5.41) is 0. The molecule has 19 heavy (non-hydrogen) atoms. The van der Waals surface area contributed by atoms with E-state index in [9.17, 15) is 9.59 Å². The first kappa shape index (κ1) is 15.3. The van der Waals surface area contributed by atoms with Gasteiger partial charge in [0, 0.05) is 24.9 Å². The molecule has 0 amide bonds. The number of pyridine rings is 1. The monoisotopic (exact) mass is 264 g/mol. The Morgan fingerprint density at radius 2 is 2.16 bits per heavy atom. The Morgan fingerprint density at radius 3 is 2.79 bits per heavy atom. The molecule has 0 aliphatic heterocycles. The van der Waals surface area contributed by atoms with Gasteiger partial charge >= 0.3 is 5.97 Å². The molecule has 0 radical (unpaired) electrons. The van der Waals surface area contributed by atoms with Crippen LogP contribution in [0.1, 0.15) is 19.0 Å². The lowest BCUT2D eigenvalue weighted by Gasteiger charge is -2.15. The molecule has 0 unspecified atom stereocenters. The zero-order valence-electron chi connectivity index (χ0n) is 11.5. The molecular formula is C14H20N2O3. The SMILES string of the molecule is CCOC(=O)CC(=O)CN(C)CCc1ccccn1. The largest absolute Gasteiger partial charge is 0.466 e. The third kappa shape index (κ3) is 6.67. The summed E-state index contributed by atoms with van der Waals surface area (Å²) in [5.74, 6) is -0.576. The summed E-state index contributed by atoms with van der Waals surface area (Å²) in [6, 6.07) is 5.76. The van der Waals surface area contributed by atoms with Crippen molar-refractivity contribution in [3.63, 3.8) is 0 Å². The van der Waals surface area contributed by atoms with Gasteiger partial charge in [-0.1, -0.05) is 6.07 Å². The number of rotatable bonds is 8. The second-order valence-electron chi connectivity index (χ2n) is 4.33. The van der Waals surface area contributed by atoms with Crippen LogP contribution in [0.15, 0.2) is 24.4 Å². The summed E-state index contributed by atoms with van der Waals surface area (Å²) in [6.45, 7) is 3.01. The maximum atomic E-state index is 11.6. The van der Waals surface area contributed by atoms with Crippen molar-refractivity contribution in [3.8, 4) is 0 Å². The highest BCUT2D eigenvalue weighted by atomic mass is 16.5. The van der Waals surface area contributed by atoms with Crippen molar-refractivity contribution in [1.82, 2.24) is 9.88 Å². The molecule has 5 heteroatoms. The van der Waals surface area contributed by atoms with E-state index >= 15 is 0 Å². The number of likely N-dealkylation sites (N-methyl/N-ethyl adjacent to an activating group) is 1. The van der Waals surface area contributed by atoms with Crippen molar-refractivity contribution in [3.05, 3.63) is 30.1 Å². The highest BCUT2D eigenvalue weighted by Crippen LogP contribution is 1.98. The van der Waals surface area contributed by atoms with E-state index in [1.54, 1.807) is 13.1 Å². The average molecular weight is 264 g/mol. The minimum Gasteiger partial charge on any atom is -0.466 e. The first-order valence-electron chi connectivity index (χ1n) is 6.37. The second-order valence-corrected chi connectivity index (χ2v) is 4.33. The van der Waals surface area contributed by atoms with Crippen molar-refractivity contribution in [2.75, 3.05) is 26.7 Å². The van der Waals surface area contributed by atoms with Crippen LogP contribution in [0.2, 0.25) is 0 Å². The van der Waals surface area contributed by atoms with E-state index in [1.165, 1.54) is 0 Å². The van der Waals surface area contributed by atoms with Gasteiger partial charge < -0.3 is 4.74 Å². The maximum absolute atomic E-state index is 11.6. The second kappa shape index (κ2) is 8.37. The molecule has 0 fully saturated rings. The first-order chi connectivity index (χ1) is 9.11. The lowest BCUT2D eigenvalue weighted by Crippen LogP contribution is -2.29. The number of nitrogens with zero attached hydrogens (tertiary/aromatic N) is 2. The molecule has 0 saturated heterocycles. The van der Waals surface area contributed by atoms with Crippen LogP contribution in [-0.4, -0.2) is 48.4 Å². The highest BCUT2D eigenvalue weighted by molar-refractivity contribution is 5.96. The van der Waals surface area contributed by atoms with Crippen molar-refractivity contribution in [1.29, 1.82) is 0 Å². The summed E-state index contributed by atoms with van der Waals surface area (Å²) in [5.41, 5.74) is 0.993. The van der Waals surface area contributed by atoms with Crippen LogP contribution >= 0.6 is 0 Å². The minimum absolute atomic E-state index is 0.123. The highest BCUT2D eigenvalue weighted by Gasteiger charge is 2.12. The zero-order valence-corrected chi connectivity index (χ0v) is 11.5. The van der Waals surface area contributed by atoms with Crippen LogP contribution in [0.3, 0.4) is 0 Å². The van der Waals surface area contributed by atoms with E-state index in [2.05, 4.69) is 4.98 Å². The standard InChI is InChI=1S/C14H20N2O3/c1-3-19-14(18)10-13(17)11-16(2)9-7-12-6-4-5-8-15-12/h4-6,8H,3,7,9-11H2,1-2H3. The molecule has 0 bridgehead atoms. The molecule has 0 aromatic carbocycles. The zero-order chi connectivity index (χ0) is 14.1. The van der Waals surface area contributed by atoms with E-state index in [4.69, 9.17) is 4.74 Å². The molecular weight excluding hydrogens is 244 g/mol. The molecule has 0 aliphatic carbocycles. The van der Waals surface area contributed by atoms with E-state index in [1.807, 2.05) is 30.1 Å². The van der Waals surface area contributed by atoms with E-state index < -0.39 is 5.97 Å². The van der Waals surface area contributed by atoms with Gasteiger partial charge in [-0.2, -0.15) is 0 Å². The molecule has 0 atom stereocenters. The Bertz CT molecular complexity index is 406. The van der Waals surface area contributed by atoms with Gasteiger partial charge in [0.25, 0.3) is 0 Å². The molecule has 5 nitrogen and oxygen atoms in total. The molecule has 0 N–H and O–H groups in total. The lowest BCUT2D eigenvalue weighted by molar-refractivity contribution is -0.145. The molecule has 1 rings (SSSR count). The number of hydrogen-bond acceptors (Lipinski definition) is 5. The topological polar surface area (TPSA) is 59.5 Å². The first-order valence-corrected chi connectivity index (χ1v) is 6.37. The van der Waals surface area contributed by atoms with Gasteiger partial charge in [-0.3, -0.25) is 19.5 Å². The summed E-state index contributed by atoms with van der Waals surface area (Å²) >= 11 is 0. The Kier molecular flexibility index (Phi) is 6.74. The number of ketones is 1. The fourth-order valence-electron chi connectivity index (χ4n) is 1.66. The van der Waals surface area contributed by atoms with Crippen LogP contribution in [0.4, 0.5) is 0 Å². The van der Waals surface area contributed by atoms with E-state index in [0.29, 0.717) is 6.61 Å². The normalized spacial score (nSPS) is 10.5. The summed E-state index contributed by atoms with van der Waals surface area (Å²) in [4.78, 5) is 28.8. The van der Waals surface area contributed by atoms with Crippen LogP contribution in [-0.2, 0) is 20.7 Å². The van der Waals surface area contributed by atoms with Crippen LogP contribution in [0.25, 0.3) is 0 Å². The third-order valence-electron chi connectivity index (χ3n) is 2.57. The summed E-state index contributed by atoms with van der Waals surface area (Å²) < 4.78 is 4.74. The van der Waals surface area contributed by atoms with Crippen molar-refractivity contribution < 1.29 is 14.3 Å². The number of hydrogen-bond donors (Lipinski definition) is 0. The Labute approximate surface area is 113 Å². The Morgan fingerprint density at radius 1 is 1.37 bits per heavy atom. The number of esters is 1. The Hall–Kier alpha value is -1.75. The van der Waals surface area contributed by atoms with Gasteiger partial charge in [0.2, 0.25) is 0 Å². The molecule has 0 spiro atoms. The summed E-state index contributed by atoms with van der Waals surface area (Å²) in [7, 11) is 1.85. The molecule has 1 aromatic heterocycles. The number of aromatic nitrogens is 1. The third-order valence-corrected chi connectivity index (χ3v) is 2.57. The van der Waals surface area contributed by atoms with Crippen LogP contribution < -0.4 is 0 Å². The molecule has 0 aliphatic rings. The lowest BCUT2D eigenvalue weighted by atomic mass is 10.2. The quantitative estimate of drug-likeness (QED) is 0.519. The molecule has 104 valence electrons. The predicted molar refractivity (Wildman–Crippen MR) is 71.7 cm³/mol. The number of ether oxygens (including phenoxy) is 1. The number of carbonyl (C=O) groups excluding carboxylic acids is 2. The Balaban J connectivity index is 2.25. The molecule has 1 heterocycles. The summed E-state index contributed by atoms with van der Waals surface area (Å²) in [6.07, 6.45) is 2.38. The van der Waals surface area contributed by atoms with Gasteiger partial charge in [-0.15, -0.1) is 0 Å².